The third kappa shape index (κ3) is 3.65. The number of phenolic OH excluding ortho intramolecular Hbond substituents is 1. The van der Waals surface area contributed by atoms with Crippen LogP contribution < -0.4 is 10.1 Å². The molecule has 3 N–H and O–H groups in total. The highest BCUT2D eigenvalue weighted by molar-refractivity contribution is 5.89. The molecular formula is C20H25NO6. The van der Waals surface area contributed by atoms with Gasteiger partial charge in [-0.1, -0.05) is 6.08 Å². The van der Waals surface area contributed by atoms with Gasteiger partial charge in [0.25, 0.3) is 0 Å². The van der Waals surface area contributed by atoms with E-state index in [1.54, 1.807) is 12.1 Å². The number of nitrogens with one attached hydrogen (secondary N) is 1. The van der Waals surface area contributed by atoms with E-state index in [9.17, 15) is 15.0 Å². The summed E-state index contributed by atoms with van der Waals surface area (Å²) in [5, 5.41) is 23.8. The number of esters is 1. The number of carbonyl (C=O) groups is 1. The number of ether oxygens (including phenoxy) is 3. The predicted molar refractivity (Wildman–Crippen MR) is 98.1 cm³/mol. The third-order valence-electron chi connectivity index (χ3n) is 5.31. The summed E-state index contributed by atoms with van der Waals surface area (Å²) in [5.41, 5.74) is 2.40. The van der Waals surface area contributed by atoms with E-state index >= 15 is 0 Å². The molecule has 0 bridgehead atoms. The molecular weight excluding hydrogens is 350 g/mol. The number of hydrogen-bond acceptors (Lipinski definition) is 7. The Balaban J connectivity index is 1.94. The van der Waals surface area contributed by atoms with Crippen molar-refractivity contribution in [1.29, 1.82) is 0 Å². The van der Waals surface area contributed by atoms with E-state index in [4.69, 9.17) is 14.2 Å². The first kappa shape index (κ1) is 19.3. The van der Waals surface area contributed by atoms with Crippen molar-refractivity contribution in [3.63, 3.8) is 0 Å². The van der Waals surface area contributed by atoms with Crippen molar-refractivity contribution < 1.29 is 29.2 Å². The maximum absolute atomic E-state index is 12.2. The van der Waals surface area contributed by atoms with E-state index in [0.29, 0.717) is 17.7 Å². The number of benzene rings is 1. The maximum atomic E-state index is 12.2. The van der Waals surface area contributed by atoms with Gasteiger partial charge < -0.3 is 29.7 Å². The Morgan fingerprint density at radius 1 is 1.44 bits per heavy atom. The first-order valence-electron chi connectivity index (χ1n) is 8.87. The molecule has 0 fully saturated rings. The number of rotatable bonds is 5. The number of fused-ring (bicyclic) bond motifs is 1. The van der Waals surface area contributed by atoms with Crippen molar-refractivity contribution in [2.45, 2.75) is 25.2 Å². The molecule has 3 rings (SSSR count). The lowest BCUT2D eigenvalue weighted by Gasteiger charge is -2.37. The largest absolute Gasteiger partial charge is 0.504 e. The van der Waals surface area contributed by atoms with Crippen molar-refractivity contribution in [2.75, 3.05) is 20.8 Å². The topological polar surface area (TPSA) is 97.3 Å². The lowest BCUT2D eigenvalue weighted by molar-refractivity contribution is -0.142. The van der Waals surface area contributed by atoms with Crippen molar-refractivity contribution in [1.82, 2.24) is 5.32 Å². The van der Waals surface area contributed by atoms with E-state index in [-0.39, 0.29) is 17.7 Å². The van der Waals surface area contributed by atoms with Gasteiger partial charge in [0, 0.05) is 17.9 Å². The molecule has 2 aliphatic rings. The van der Waals surface area contributed by atoms with Gasteiger partial charge in [-0.25, -0.2) is 4.79 Å². The fourth-order valence-electron chi connectivity index (χ4n) is 3.90. The van der Waals surface area contributed by atoms with Gasteiger partial charge in [0.1, 0.15) is 0 Å². The molecule has 7 heteroatoms. The van der Waals surface area contributed by atoms with Crippen LogP contribution in [0.25, 0.3) is 0 Å². The van der Waals surface area contributed by atoms with Crippen LogP contribution in [-0.2, 0) is 20.7 Å². The number of aliphatic hydroxyl groups excluding tert-OH is 1. The molecule has 2 aliphatic heterocycles. The minimum Gasteiger partial charge on any atom is -0.504 e. The van der Waals surface area contributed by atoms with Crippen molar-refractivity contribution >= 4 is 5.97 Å². The highest BCUT2D eigenvalue weighted by atomic mass is 16.6. The number of hydrogen-bond donors (Lipinski definition) is 3. The zero-order valence-electron chi connectivity index (χ0n) is 15.5. The van der Waals surface area contributed by atoms with Gasteiger partial charge >= 0.3 is 5.97 Å². The smallest absolute Gasteiger partial charge is 0.337 e. The van der Waals surface area contributed by atoms with E-state index < -0.39 is 18.2 Å². The van der Waals surface area contributed by atoms with Crippen LogP contribution in [0.3, 0.4) is 0 Å². The molecule has 1 aromatic rings. The molecule has 0 saturated carbocycles. The Bertz CT molecular complexity index is 759. The highest BCUT2D eigenvalue weighted by Gasteiger charge is 2.39. The van der Waals surface area contributed by atoms with Crippen LogP contribution in [0.5, 0.6) is 11.5 Å². The summed E-state index contributed by atoms with van der Waals surface area (Å²) in [5.74, 6) is -0.780. The Hall–Kier alpha value is -2.51. The van der Waals surface area contributed by atoms with E-state index in [1.165, 1.54) is 20.5 Å². The van der Waals surface area contributed by atoms with Crippen molar-refractivity contribution in [2.24, 2.45) is 11.8 Å². The quantitative estimate of drug-likeness (QED) is 0.533. The van der Waals surface area contributed by atoms with Crippen molar-refractivity contribution in [3.05, 3.63) is 47.7 Å². The standard InChI is InChI=1S/C20H25NO6/c1-4-12-14(15(19(23)26-3)10-27-20(12)24)8-16-13-9-17(22)18(25-2)7-11(13)5-6-21-16/h4,7,9-10,12,14,16,20-22,24H,1,5-6,8H2,2-3H3/t12-,14+,16-,20-/m1/s1. The molecule has 27 heavy (non-hydrogen) atoms. The second kappa shape index (κ2) is 8.02. The molecule has 0 aliphatic carbocycles. The zero-order valence-corrected chi connectivity index (χ0v) is 15.5. The molecule has 4 atom stereocenters. The Morgan fingerprint density at radius 3 is 2.89 bits per heavy atom. The van der Waals surface area contributed by atoms with Crippen LogP contribution in [0.15, 0.2) is 36.6 Å². The fraction of sp³-hybridized carbons (Fsp3) is 0.450. The average Bonchev–Trinajstić information content (AvgIpc) is 2.67. The zero-order chi connectivity index (χ0) is 19.6. The summed E-state index contributed by atoms with van der Waals surface area (Å²) < 4.78 is 15.3. The summed E-state index contributed by atoms with van der Waals surface area (Å²) in [4.78, 5) is 12.2. The van der Waals surface area contributed by atoms with Crippen LogP contribution >= 0.6 is 0 Å². The first-order valence-corrected chi connectivity index (χ1v) is 8.87. The Kier molecular flexibility index (Phi) is 5.72. The number of carbonyl (C=O) groups excluding carboxylic acids is 1. The lowest BCUT2D eigenvalue weighted by Crippen LogP contribution is -2.39. The summed E-state index contributed by atoms with van der Waals surface area (Å²) in [6.45, 7) is 4.54. The van der Waals surface area contributed by atoms with Gasteiger partial charge in [-0.3, -0.25) is 0 Å². The van der Waals surface area contributed by atoms with Crippen LogP contribution in [0, 0.1) is 11.8 Å². The van der Waals surface area contributed by atoms with Crippen molar-refractivity contribution in [3.8, 4) is 11.5 Å². The SMILES string of the molecule is C=C[C@H]1[C@H](O)OC=C(C(=O)OC)[C@H]1C[C@H]1NCCc2cc(OC)c(O)cc21. The summed E-state index contributed by atoms with van der Waals surface area (Å²) in [6, 6.07) is 3.43. The molecule has 0 aromatic heterocycles. The average molecular weight is 375 g/mol. The highest BCUT2D eigenvalue weighted by Crippen LogP contribution is 2.41. The first-order chi connectivity index (χ1) is 13.0. The number of aromatic hydroxyl groups is 1. The van der Waals surface area contributed by atoms with Crippen LogP contribution in [0.4, 0.5) is 0 Å². The molecule has 0 radical (unpaired) electrons. The molecule has 7 nitrogen and oxygen atoms in total. The second-order valence-electron chi connectivity index (χ2n) is 6.73. The van der Waals surface area contributed by atoms with Gasteiger partial charge in [-0.15, -0.1) is 6.58 Å². The Labute approximate surface area is 158 Å². The van der Waals surface area contributed by atoms with Gasteiger partial charge in [0.2, 0.25) is 6.29 Å². The predicted octanol–water partition coefficient (Wildman–Crippen LogP) is 1.80. The summed E-state index contributed by atoms with van der Waals surface area (Å²) >= 11 is 0. The normalized spacial score (nSPS) is 27.0. The van der Waals surface area contributed by atoms with Gasteiger partial charge in [-0.2, -0.15) is 0 Å². The van der Waals surface area contributed by atoms with Gasteiger partial charge in [-0.05, 0) is 42.6 Å². The number of aliphatic hydroxyl groups is 1. The molecule has 0 spiro atoms. The van der Waals surface area contributed by atoms with Gasteiger partial charge in [0.15, 0.2) is 11.5 Å². The monoisotopic (exact) mass is 375 g/mol. The molecule has 0 saturated heterocycles. The van der Waals surface area contributed by atoms with Crippen LogP contribution in [-0.4, -0.2) is 43.2 Å². The minimum absolute atomic E-state index is 0.0703. The van der Waals surface area contributed by atoms with E-state index in [0.717, 1.165) is 24.1 Å². The molecule has 1 aromatic carbocycles. The molecule has 146 valence electrons. The number of phenols is 1. The fourth-order valence-corrected chi connectivity index (χ4v) is 3.90. The minimum atomic E-state index is -1.08. The third-order valence-corrected chi connectivity index (χ3v) is 5.31. The maximum Gasteiger partial charge on any atom is 0.337 e. The number of methoxy groups -OCH3 is 2. The van der Waals surface area contributed by atoms with Crippen LogP contribution in [0.2, 0.25) is 0 Å². The summed E-state index contributed by atoms with van der Waals surface area (Å²) in [6.07, 6.45) is 3.12. The van der Waals surface area contributed by atoms with E-state index in [1.807, 2.05) is 6.07 Å². The van der Waals surface area contributed by atoms with Crippen LogP contribution in [0.1, 0.15) is 23.6 Å². The molecule has 2 heterocycles. The second-order valence-corrected chi connectivity index (χ2v) is 6.73. The van der Waals surface area contributed by atoms with Gasteiger partial charge in [0.05, 0.1) is 26.1 Å². The Morgan fingerprint density at radius 2 is 2.22 bits per heavy atom. The molecule has 0 unspecified atom stereocenters. The molecule has 0 amide bonds. The van der Waals surface area contributed by atoms with E-state index in [2.05, 4.69) is 11.9 Å². The lowest BCUT2D eigenvalue weighted by atomic mass is 9.77. The summed E-state index contributed by atoms with van der Waals surface area (Å²) in [7, 11) is 2.83.